The molecular formula is C14H24N3O6S+. The molecule has 2 N–H and O–H groups in total. The van der Waals surface area contributed by atoms with Gasteiger partial charge >= 0.3 is 12.2 Å². The van der Waals surface area contributed by atoms with Gasteiger partial charge in [-0.15, -0.1) is 0 Å². The van der Waals surface area contributed by atoms with Crippen molar-refractivity contribution < 1.29 is 32.3 Å². The van der Waals surface area contributed by atoms with E-state index in [4.69, 9.17) is 10.3 Å². The van der Waals surface area contributed by atoms with Crippen LogP contribution < -0.4 is 5.32 Å². The highest BCUT2D eigenvalue weighted by molar-refractivity contribution is 7.92. The maximum Gasteiger partial charge on any atom is 0.372 e. The summed E-state index contributed by atoms with van der Waals surface area (Å²) in [5, 5.41) is 1.06. The van der Waals surface area contributed by atoms with Crippen LogP contribution >= 0.6 is 0 Å². The second-order valence-corrected chi connectivity index (χ2v) is 7.76. The van der Waals surface area contributed by atoms with E-state index in [0.29, 0.717) is 0 Å². The summed E-state index contributed by atoms with van der Waals surface area (Å²) in [6.07, 6.45) is 1.13. The standard InChI is InChI=1S/C14H23N3O6S/c1-5-12(24(4,21)22)13(19)17-11(14(20)23-9(2)3)7-6-10(18)8-16-15/h8-9,11-12,15H,5-7H2,1-4H3/p+1/t11-,12-/m0/s1. The molecule has 0 fully saturated rings. The third-order valence-corrected chi connectivity index (χ3v) is 4.60. The van der Waals surface area contributed by atoms with Gasteiger partial charge < -0.3 is 10.1 Å². The maximum absolute atomic E-state index is 12.2. The molecule has 0 aromatic carbocycles. The van der Waals surface area contributed by atoms with Crippen molar-refractivity contribution in [2.75, 3.05) is 6.26 Å². The average Bonchev–Trinajstić information content (AvgIpc) is 2.41. The van der Waals surface area contributed by atoms with E-state index in [2.05, 4.69) is 10.1 Å². The highest BCUT2D eigenvalue weighted by Crippen LogP contribution is 2.08. The van der Waals surface area contributed by atoms with Gasteiger partial charge in [-0.2, -0.15) is 0 Å². The molecule has 24 heavy (non-hydrogen) atoms. The van der Waals surface area contributed by atoms with Crippen molar-refractivity contribution in [3.63, 3.8) is 0 Å². The molecule has 10 heteroatoms. The Bertz CT molecular complexity index is 622. The molecule has 0 aliphatic carbocycles. The van der Waals surface area contributed by atoms with Crippen LogP contribution in [0.25, 0.3) is 0 Å². The molecule has 0 unspecified atom stereocenters. The molecule has 0 heterocycles. The lowest BCUT2D eigenvalue weighted by atomic mass is 10.1. The second-order valence-electron chi connectivity index (χ2n) is 5.54. The Labute approximate surface area is 141 Å². The van der Waals surface area contributed by atoms with Crippen molar-refractivity contribution in [2.45, 2.75) is 57.4 Å². The van der Waals surface area contributed by atoms with Crippen LogP contribution in [-0.2, 0) is 29.0 Å². The Morgan fingerprint density at radius 3 is 2.29 bits per heavy atom. The number of esters is 1. The van der Waals surface area contributed by atoms with Crippen LogP contribution in [0.15, 0.2) is 0 Å². The molecule has 0 saturated carbocycles. The fourth-order valence-corrected chi connectivity index (χ4v) is 3.00. The highest BCUT2D eigenvalue weighted by Gasteiger charge is 2.31. The number of hydrogen-bond donors (Lipinski definition) is 2. The van der Waals surface area contributed by atoms with Crippen LogP contribution in [0.4, 0.5) is 0 Å². The Morgan fingerprint density at radius 1 is 1.29 bits per heavy atom. The first-order valence-electron chi connectivity index (χ1n) is 7.45. The number of nitrogens with one attached hydrogen (secondary N) is 2. The zero-order valence-electron chi connectivity index (χ0n) is 14.2. The normalized spacial score (nSPS) is 13.5. The van der Waals surface area contributed by atoms with Gasteiger partial charge in [0.15, 0.2) is 9.84 Å². The molecule has 1 amide bonds. The number of sulfone groups is 1. The third-order valence-electron chi connectivity index (χ3n) is 3.02. The number of carbonyl (C=O) groups excluding carboxylic acids is 3. The monoisotopic (exact) mass is 362 g/mol. The van der Waals surface area contributed by atoms with Crippen LogP contribution in [0, 0.1) is 5.53 Å². The zero-order valence-corrected chi connectivity index (χ0v) is 15.1. The molecule has 136 valence electrons. The molecule has 0 aromatic rings. The number of amides is 1. The van der Waals surface area contributed by atoms with Crippen molar-refractivity contribution in [2.24, 2.45) is 0 Å². The van der Waals surface area contributed by atoms with Crippen molar-refractivity contribution in [3.05, 3.63) is 0 Å². The summed E-state index contributed by atoms with van der Waals surface area (Å²) >= 11 is 0. The predicted octanol–water partition coefficient (Wildman–Crippen LogP) is -0.0947. The minimum Gasteiger partial charge on any atom is -0.461 e. The lowest BCUT2D eigenvalue weighted by molar-refractivity contribution is -0.151. The first-order valence-corrected chi connectivity index (χ1v) is 9.40. The van der Waals surface area contributed by atoms with E-state index < -0.39 is 44.9 Å². The van der Waals surface area contributed by atoms with Crippen LogP contribution in [0.1, 0.15) is 40.0 Å². The minimum atomic E-state index is -3.63. The molecule has 0 aromatic heterocycles. The van der Waals surface area contributed by atoms with Gasteiger partial charge in [0.2, 0.25) is 11.7 Å². The molecule has 0 saturated heterocycles. The van der Waals surface area contributed by atoms with E-state index in [9.17, 15) is 22.8 Å². The number of carbonyl (C=O) groups is 3. The number of nitrogens with zero attached hydrogens (tertiary/aromatic N) is 1. The Balaban J connectivity index is 5.17. The molecule has 2 atom stereocenters. The van der Waals surface area contributed by atoms with E-state index >= 15 is 0 Å². The fraction of sp³-hybridized carbons (Fsp3) is 0.714. The first kappa shape index (κ1) is 21.9. The average molecular weight is 362 g/mol. The van der Waals surface area contributed by atoms with Gasteiger partial charge in [0.25, 0.3) is 0 Å². The van der Waals surface area contributed by atoms with Gasteiger partial charge in [-0.25, -0.2) is 13.2 Å². The van der Waals surface area contributed by atoms with Crippen LogP contribution in [0.2, 0.25) is 0 Å². The highest BCUT2D eigenvalue weighted by atomic mass is 32.2. The van der Waals surface area contributed by atoms with Crippen molar-refractivity contribution in [1.82, 2.24) is 5.32 Å². The summed E-state index contributed by atoms with van der Waals surface area (Å²) < 4.78 is 28.2. The summed E-state index contributed by atoms with van der Waals surface area (Å²) in [5.41, 5.74) is 6.58. The quantitative estimate of drug-likeness (QED) is 0.240. The van der Waals surface area contributed by atoms with E-state index in [-0.39, 0.29) is 19.3 Å². The van der Waals surface area contributed by atoms with Gasteiger partial charge in [-0.3, -0.25) is 9.59 Å². The number of Topliss-reactive ketones (excluding diaryl/α,β-unsaturated/α-hetero) is 1. The number of ketones is 1. The molecule has 9 nitrogen and oxygen atoms in total. The lowest BCUT2D eigenvalue weighted by Gasteiger charge is -2.21. The summed E-state index contributed by atoms with van der Waals surface area (Å²) in [4.78, 5) is 38.4. The second kappa shape index (κ2) is 9.94. The summed E-state index contributed by atoms with van der Waals surface area (Å²) in [6, 6.07) is -1.15. The van der Waals surface area contributed by atoms with Crippen LogP contribution in [-0.4, -0.2) is 60.7 Å². The van der Waals surface area contributed by atoms with Gasteiger partial charge in [0, 0.05) is 12.7 Å². The van der Waals surface area contributed by atoms with Crippen LogP contribution in [0.3, 0.4) is 0 Å². The summed E-state index contributed by atoms with van der Waals surface area (Å²) in [7, 11) is -3.63. The minimum absolute atomic E-state index is 0.0566. The van der Waals surface area contributed by atoms with Gasteiger partial charge in [0.1, 0.15) is 11.3 Å². The van der Waals surface area contributed by atoms with Gasteiger partial charge in [-0.1, -0.05) is 6.92 Å². The van der Waals surface area contributed by atoms with Gasteiger partial charge in [0.05, 0.1) is 16.4 Å². The first-order chi connectivity index (χ1) is 11.0. The van der Waals surface area contributed by atoms with E-state index in [1.807, 2.05) is 0 Å². The summed E-state index contributed by atoms with van der Waals surface area (Å²) in [5.74, 6) is -2.05. The molecular weight excluding hydrogens is 338 g/mol. The van der Waals surface area contributed by atoms with E-state index in [0.717, 1.165) is 12.5 Å². The van der Waals surface area contributed by atoms with E-state index in [1.165, 1.54) is 0 Å². The predicted molar refractivity (Wildman–Crippen MR) is 85.4 cm³/mol. The molecule has 0 bridgehead atoms. The smallest absolute Gasteiger partial charge is 0.372 e. The molecule has 0 rings (SSSR count). The number of ether oxygens (including phenoxy) is 1. The van der Waals surface area contributed by atoms with Crippen molar-refractivity contribution in [3.8, 4) is 0 Å². The number of rotatable bonds is 10. The topological polar surface area (TPSA) is 145 Å². The molecule has 0 aliphatic rings. The zero-order chi connectivity index (χ0) is 18.9. The Kier molecular flexibility index (Phi) is 9.09. The third kappa shape index (κ3) is 7.98. The Hall–Kier alpha value is -2.06. The van der Waals surface area contributed by atoms with Crippen molar-refractivity contribution in [1.29, 1.82) is 5.53 Å². The lowest BCUT2D eigenvalue weighted by Crippen LogP contribution is -2.48. The van der Waals surface area contributed by atoms with Crippen LogP contribution in [0.5, 0.6) is 0 Å². The maximum atomic E-state index is 12.2. The Morgan fingerprint density at radius 2 is 1.88 bits per heavy atom. The van der Waals surface area contributed by atoms with E-state index in [1.54, 1.807) is 20.8 Å². The van der Waals surface area contributed by atoms with Crippen molar-refractivity contribution >= 4 is 33.7 Å². The molecule has 0 spiro atoms. The largest absolute Gasteiger partial charge is 0.461 e. The summed E-state index contributed by atoms with van der Waals surface area (Å²) in [6.45, 7) is 4.79. The molecule has 0 aliphatic heterocycles. The number of hydrogen-bond acceptors (Lipinski definition) is 7. The fourth-order valence-electron chi connectivity index (χ4n) is 1.93. The SMILES string of the molecule is CC[C@@H](C(=O)N[C@@H](CCC(=O)C=[N+]=N)C(=O)OC(C)C)S(C)(=O)=O. The van der Waals surface area contributed by atoms with Gasteiger partial charge in [-0.05, 0) is 26.7 Å². The molecule has 0 radical (unpaired) electrons.